The Kier molecular flexibility index (Phi) is 6.87. The van der Waals surface area contributed by atoms with Gasteiger partial charge in [-0.3, -0.25) is 4.90 Å². The minimum absolute atomic E-state index is 0.0927. The lowest BCUT2D eigenvalue weighted by Crippen LogP contribution is -2.47. The molecule has 102 valence electrons. The molecule has 0 aromatic heterocycles. The van der Waals surface area contributed by atoms with Gasteiger partial charge in [0.15, 0.2) is 0 Å². The first-order valence-electron chi connectivity index (χ1n) is 6.03. The molecule has 0 aromatic rings. The zero-order valence-corrected chi connectivity index (χ0v) is 10.2. The highest BCUT2D eigenvalue weighted by Crippen LogP contribution is 2.16. The van der Waals surface area contributed by atoms with Crippen LogP contribution in [0.1, 0.15) is 6.42 Å². The van der Waals surface area contributed by atoms with Crippen molar-refractivity contribution in [3.05, 3.63) is 0 Å². The summed E-state index contributed by atoms with van der Waals surface area (Å²) in [6.07, 6.45) is -1.46. The number of nitrogens with one attached hydrogen (secondary N) is 1. The molecule has 2 N–H and O–H groups in total. The summed E-state index contributed by atoms with van der Waals surface area (Å²) >= 11 is 0. The zero-order chi connectivity index (χ0) is 12.7. The van der Waals surface area contributed by atoms with Gasteiger partial charge in [-0.05, 0) is 13.5 Å². The van der Waals surface area contributed by atoms with Crippen LogP contribution in [0.3, 0.4) is 0 Å². The number of alkyl halides is 2. The second kappa shape index (κ2) is 7.92. The third kappa shape index (κ3) is 5.25. The maximum atomic E-state index is 12.4. The van der Waals surface area contributed by atoms with Gasteiger partial charge in [0.1, 0.15) is 0 Å². The van der Waals surface area contributed by atoms with Crippen molar-refractivity contribution in [1.82, 2.24) is 10.2 Å². The largest absolute Gasteiger partial charge is 0.395 e. The zero-order valence-electron chi connectivity index (χ0n) is 10.2. The fourth-order valence-electron chi connectivity index (χ4n) is 2.28. The van der Waals surface area contributed by atoms with E-state index in [1.165, 1.54) is 0 Å². The van der Waals surface area contributed by atoms with E-state index in [0.29, 0.717) is 19.2 Å². The molecule has 6 heteroatoms. The van der Waals surface area contributed by atoms with Gasteiger partial charge in [0.25, 0.3) is 6.43 Å². The van der Waals surface area contributed by atoms with Gasteiger partial charge in [-0.2, -0.15) is 0 Å². The van der Waals surface area contributed by atoms with Crippen LogP contribution in [-0.4, -0.2) is 69.0 Å². The average Bonchev–Trinajstić information content (AvgIpc) is 2.29. The van der Waals surface area contributed by atoms with Crippen molar-refractivity contribution < 1.29 is 18.6 Å². The van der Waals surface area contributed by atoms with Gasteiger partial charge in [0, 0.05) is 31.7 Å². The van der Waals surface area contributed by atoms with Crippen LogP contribution < -0.4 is 5.32 Å². The molecule has 4 nitrogen and oxygen atoms in total. The van der Waals surface area contributed by atoms with E-state index in [-0.39, 0.29) is 25.6 Å². The summed E-state index contributed by atoms with van der Waals surface area (Å²) in [7, 11) is 1.88. The predicted octanol–water partition coefficient (Wildman–Crippen LogP) is 0.170. The van der Waals surface area contributed by atoms with Crippen molar-refractivity contribution >= 4 is 0 Å². The van der Waals surface area contributed by atoms with E-state index < -0.39 is 6.43 Å². The molecule has 2 unspecified atom stereocenters. The number of ether oxygens (including phenoxy) is 1. The molecule has 17 heavy (non-hydrogen) atoms. The van der Waals surface area contributed by atoms with Gasteiger partial charge in [0.05, 0.1) is 19.8 Å². The third-order valence-corrected chi connectivity index (χ3v) is 3.15. The second-order valence-corrected chi connectivity index (χ2v) is 4.39. The maximum Gasteiger partial charge on any atom is 0.251 e. The summed E-state index contributed by atoms with van der Waals surface area (Å²) in [5.41, 5.74) is 0. The molecule has 1 rings (SSSR count). The standard InChI is InChI=1S/C11H22F2N2O2/c1-14-10-2-5-17-8-9(10)6-15(3-4-16)7-11(12)13/h9-11,14,16H,2-8H2,1H3. The molecular formula is C11H22F2N2O2. The van der Waals surface area contributed by atoms with Gasteiger partial charge in [0.2, 0.25) is 0 Å². The Morgan fingerprint density at radius 3 is 2.88 bits per heavy atom. The molecule has 1 fully saturated rings. The summed E-state index contributed by atoms with van der Waals surface area (Å²) in [6.45, 7) is 1.76. The SMILES string of the molecule is CNC1CCOCC1CN(CCO)CC(F)F. The fourth-order valence-corrected chi connectivity index (χ4v) is 2.28. The molecule has 1 heterocycles. The third-order valence-electron chi connectivity index (χ3n) is 3.15. The molecule has 1 aliphatic rings. The molecule has 0 bridgehead atoms. The van der Waals surface area contributed by atoms with Gasteiger partial charge >= 0.3 is 0 Å². The second-order valence-electron chi connectivity index (χ2n) is 4.39. The summed E-state index contributed by atoms with van der Waals surface area (Å²) in [6, 6.07) is 0.308. The number of hydrogen-bond acceptors (Lipinski definition) is 4. The average molecular weight is 252 g/mol. The molecule has 0 radical (unpaired) electrons. The number of aliphatic hydroxyl groups excluding tert-OH is 1. The van der Waals surface area contributed by atoms with Crippen molar-refractivity contribution in [2.75, 3.05) is 46.5 Å². The Hall–Kier alpha value is -0.300. The highest BCUT2D eigenvalue weighted by Gasteiger charge is 2.27. The smallest absolute Gasteiger partial charge is 0.251 e. The molecule has 0 spiro atoms. The Morgan fingerprint density at radius 2 is 2.29 bits per heavy atom. The van der Waals surface area contributed by atoms with Crippen LogP contribution in [0.4, 0.5) is 8.78 Å². The number of rotatable bonds is 7. The molecular weight excluding hydrogens is 230 g/mol. The number of aliphatic hydroxyl groups is 1. The lowest BCUT2D eigenvalue weighted by molar-refractivity contribution is 0.00423. The minimum atomic E-state index is -2.36. The summed E-state index contributed by atoms with van der Waals surface area (Å²) in [4.78, 5) is 1.61. The van der Waals surface area contributed by atoms with Crippen molar-refractivity contribution in [3.8, 4) is 0 Å². The van der Waals surface area contributed by atoms with E-state index in [2.05, 4.69) is 5.32 Å². The summed E-state index contributed by atoms with van der Waals surface area (Å²) in [5, 5.41) is 12.1. The predicted molar refractivity (Wildman–Crippen MR) is 61.3 cm³/mol. The molecule has 1 saturated heterocycles. The fraction of sp³-hybridized carbons (Fsp3) is 1.00. The van der Waals surface area contributed by atoms with E-state index in [0.717, 1.165) is 13.0 Å². The van der Waals surface area contributed by atoms with Crippen LogP contribution in [0.15, 0.2) is 0 Å². The van der Waals surface area contributed by atoms with Crippen molar-refractivity contribution in [2.24, 2.45) is 5.92 Å². The van der Waals surface area contributed by atoms with E-state index in [9.17, 15) is 8.78 Å². The van der Waals surface area contributed by atoms with E-state index in [1.54, 1.807) is 4.90 Å². The molecule has 0 amide bonds. The number of halogens is 2. The maximum absolute atomic E-state index is 12.4. The van der Waals surface area contributed by atoms with Crippen LogP contribution in [0.2, 0.25) is 0 Å². The van der Waals surface area contributed by atoms with Gasteiger partial charge in [-0.25, -0.2) is 8.78 Å². The van der Waals surface area contributed by atoms with Crippen LogP contribution in [-0.2, 0) is 4.74 Å². The molecule has 0 saturated carbocycles. The normalized spacial score (nSPS) is 25.8. The van der Waals surface area contributed by atoms with Crippen molar-refractivity contribution in [1.29, 1.82) is 0 Å². The van der Waals surface area contributed by atoms with Gasteiger partial charge in [-0.1, -0.05) is 0 Å². The Morgan fingerprint density at radius 1 is 1.53 bits per heavy atom. The molecule has 1 aliphatic heterocycles. The quantitative estimate of drug-likeness (QED) is 0.678. The first kappa shape index (κ1) is 14.8. The number of hydrogen-bond donors (Lipinski definition) is 2. The Labute approximate surface area is 101 Å². The highest BCUT2D eigenvalue weighted by molar-refractivity contribution is 4.81. The van der Waals surface area contributed by atoms with Gasteiger partial charge in [-0.15, -0.1) is 0 Å². The summed E-state index contributed by atoms with van der Waals surface area (Å²) in [5.74, 6) is 0.207. The first-order valence-corrected chi connectivity index (χ1v) is 6.03. The van der Waals surface area contributed by atoms with Gasteiger partial charge < -0.3 is 15.2 Å². The Balaban J connectivity index is 2.45. The minimum Gasteiger partial charge on any atom is -0.395 e. The summed E-state index contributed by atoms with van der Waals surface area (Å²) < 4.78 is 30.1. The van der Waals surface area contributed by atoms with E-state index >= 15 is 0 Å². The van der Waals surface area contributed by atoms with Crippen molar-refractivity contribution in [3.63, 3.8) is 0 Å². The van der Waals surface area contributed by atoms with E-state index in [1.807, 2.05) is 7.05 Å². The Bertz CT molecular complexity index is 208. The highest BCUT2D eigenvalue weighted by atomic mass is 19.3. The van der Waals surface area contributed by atoms with Crippen LogP contribution >= 0.6 is 0 Å². The monoisotopic (exact) mass is 252 g/mol. The van der Waals surface area contributed by atoms with Crippen molar-refractivity contribution in [2.45, 2.75) is 18.9 Å². The lowest BCUT2D eigenvalue weighted by atomic mass is 9.95. The van der Waals surface area contributed by atoms with Crippen LogP contribution in [0.5, 0.6) is 0 Å². The molecule has 2 atom stereocenters. The topological polar surface area (TPSA) is 44.7 Å². The van der Waals surface area contributed by atoms with Crippen LogP contribution in [0.25, 0.3) is 0 Å². The first-order chi connectivity index (χ1) is 8.17. The van der Waals surface area contributed by atoms with E-state index in [4.69, 9.17) is 9.84 Å². The van der Waals surface area contributed by atoms with Crippen LogP contribution in [0, 0.1) is 5.92 Å². The lowest BCUT2D eigenvalue weighted by Gasteiger charge is -2.35. The number of nitrogens with zero attached hydrogens (tertiary/aromatic N) is 1. The molecule has 0 aromatic carbocycles. The molecule has 0 aliphatic carbocycles.